The van der Waals surface area contributed by atoms with Crippen molar-refractivity contribution in [3.8, 4) is 0 Å². The van der Waals surface area contributed by atoms with Crippen LogP contribution in [0, 0.1) is 11.8 Å². The lowest BCUT2D eigenvalue weighted by Crippen LogP contribution is -2.53. The summed E-state index contributed by atoms with van der Waals surface area (Å²) in [6.45, 7) is 7.69. The van der Waals surface area contributed by atoms with E-state index >= 15 is 0 Å². The van der Waals surface area contributed by atoms with Crippen LogP contribution in [0.1, 0.15) is 45.2 Å². The van der Waals surface area contributed by atoms with Crippen LogP contribution in [0.15, 0.2) is 60.7 Å². The van der Waals surface area contributed by atoms with E-state index in [4.69, 9.17) is 4.74 Å². The number of benzene rings is 2. The van der Waals surface area contributed by atoms with E-state index in [9.17, 15) is 14.4 Å². The molecule has 0 spiro atoms. The molecule has 2 amide bonds. The van der Waals surface area contributed by atoms with Crippen LogP contribution in [0.2, 0.25) is 0 Å². The van der Waals surface area contributed by atoms with Gasteiger partial charge >= 0.3 is 6.09 Å². The molecule has 0 saturated carbocycles. The molecule has 2 rings (SSSR count). The fourth-order valence-corrected chi connectivity index (χ4v) is 3.36. The van der Waals surface area contributed by atoms with Gasteiger partial charge in [0.05, 0.1) is 6.04 Å². The number of carbonyl (C=O) groups is 3. The minimum Gasteiger partial charge on any atom is -0.445 e. The quantitative estimate of drug-likeness (QED) is 0.548. The van der Waals surface area contributed by atoms with Gasteiger partial charge in [0.15, 0.2) is 5.78 Å². The first kappa shape index (κ1) is 25.1. The molecular weight excluding hydrogens is 404 g/mol. The van der Waals surface area contributed by atoms with Crippen LogP contribution < -0.4 is 10.6 Å². The largest absolute Gasteiger partial charge is 0.445 e. The maximum Gasteiger partial charge on any atom is 0.408 e. The predicted molar refractivity (Wildman–Crippen MR) is 125 cm³/mol. The van der Waals surface area contributed by atoms with Crippen molar-refractivity contribution in [2.75, 3.05) is 0 Å². The molecular formula is C26H34N2O4. The van der Waals surface area contributed by atoms with E-state index in [0.29, 0.717) is 12.8 Å². The number of amides is 2. The average molecular weight is 439 g/mol. The Hall–Kier alpha value is -3.15. The Labute approximate surface area is 190 Å². The summed E-state index contributed by atoms with van der Waals surface area (Å²) in [5.41, 5.74) is 1.82. The molecule has 6 nitrogen and oxygen atoms in total. The summed E-state index contributed by atoms with van der Waals surface area (Å²) in [6.07, 6.45) is 0.167. The maximum absolute atomic E-state index is 13.1. The summed E-state index contributed by atoms with van der Waals surface area (Å²) >= 11 is 0. The van der Waals surface area contributed by atoms with Crippen LogP contribution in [-0.2, 0) is 27.4 Å². The van der Waals surface area contributed by atoms with E-state index in [1.807, 2.05) is 88.4 Å². The highest BCUT2D eigenvalue weighted by Gasteiger charge is 2.29. The molecule has 0 fully saturated rings. The highest BCUT2D eigenvalue weighted by atomic mass is 16.5. The van der Waals surface area contributed by atoms with Crippen LogP contribution >= 0.6 is 0 Å². The van der Waals surface area contributed by atoms with Crippen molar-refractivity contribution in [2.24, 2.45) is 11.8 Å². The van der Waals surface area contributed by atoms with Crippen LogP contribution in [0.25, 0.3) is 0 Å². The average Bonchev–Trinajstić information content (AvgIpc) is 2.77. The third kappa shape index (κ3) is 8.53. The highest BCUT2D eigenvalue weighted by molar-refractivity contribution is 5.93. The molecule has 0 bridgehead atoms. The summed E-state index contributed by atoms with van der Waals surface area (Å²) in [6, 6.07) is 17.4. The Balaban J connectivity index is 2.05. The van der Waals surface area contributed by atoms with Gasteiger partial charge in [0.2, 0.25) is 5.91 Å². The molecule has 0 aliphatic carbocycles. The van der Waals surface area contributed by atoms with Gasteiger partial charge in [-0.05, 0) is 29.9 Å². The maximum atomic E-state index is 13.1. The molecule has 0 aliphatic rings. The van der Waals surface area contributed by atoms with Crippen molar-refractivity contribution in [3.05, 3.63) is 71.8 Å². The third-order valence-corrected chi connectivity index (χ3v) is 5.04. The van der Waals surface area contributed by atoms with Crippen LogP contribution in [0.3, 0.4) is 0 Å². The Kier molecular flexibility index (Phi) is 9.92. The zero-order valence-corrected chi connectivity index (χ0v) is 19.3. The molecule has 6 heteroatoms. The van der Waals surface area contributed by atoms with Crippen LogP contribution in [-0.4, -0.2) is 29.9 Å². The molecule has 0 heterocycles. The third-order valence-electron chi connectivity index (χ3n) is 5.04. The Morgan fingerprint density at radius 2 is 1.34 bits per heavy atom. The van der Waals surface area contributed by atoms with Crippen LogP contribution in [0.4, 0.5) is 4.79 Å². The Bertz CT molecular complexity index is 866. The molecule has 2 N–H and O–H groups in total. The zero-order chi connectivity index (χ0) is 23.5. The SMILES string of the molecule is CC(C)C[C@H](NC(=O)OCc1ccccc1)C(=O)NC(Cc1ccccc1)C(=O)C(C)C. The molecule has 0 aliphatic heterocycles. The lowest BCUT2D eigenvalue weighted by atomic mass is 9.95. The standard InChI is InChI=1S/C26H34N2O4/c1-18(2)15-23(28-26(31)32-17-21-13-9-6-10-14-21)25(30)27-22(24(29)19(3)4)16-20-11-7-5-8-12-20/h5-14,18-19,22-23H,15-17H2,1-4H3,(H,27,30)(H,28,31)/t22?,23-/m0/s1. The monoisotopic (exact) mass is 438 g/mol. The summed E-state index contributed by atoms with van der Waals surface area (Å²) in [5.74, 6) is -0.493. The van der Waals surface area contributed by atoms with E-state index in [-0.39, 0.29) is 30.1 Å². The van der Waals surface area contributed by atoms with Crippen molar-refractivity contribution in [3.63, 3.8) is 0 Å². The van der Waals surface area contributed by atoms with Gasteiger partial charge < -0.3 is 15.4 Å². The summed E-state index contributed by atoms with van der Waals surface area (Å²) in [7, 11) is 0. The minimum absolute atomic E-state index is 0.0443. The summed E-state index contributed by atoms with van der Waals surface area (Å²) < 4.78 is 5.28. The van der Waals surface area contributed by atoms with Gasteiger partial charge in [-0.15, -0.1) is 0 Å². The normalized spacial score (nSPS) is 12.8. The first-order chi connectivity index (χ1) is 15.3. The minimum atomic E-state index is -0.795. The number of hydrogen-bond acceptors (Lipinski definition) is 4. The molecule has 0 radical (unpaired) electrons. The van der Waals surface area contributed by atoms with Gasteiger partial charge in [-0.25, -0.2) is 4.79 Å². The van der Waals surface area contributed by atoms with Crippen molar-refractivity contribution in [2.45, 2.75) is 59.2 Å². The summed E-state index contributed by atoms with van der Waals surface area (Å²) in [5, 5.41) is 5.54. The predicted octanol–water partition coefficient (Wildman–Crippen LogP) is 4.28. The topological polar surface area (TPSA) is 84.5 Å². The van der Waals surface area contributed by atoms with Gasteiger partial charge in [0.1, 0.15) is 12.6 Å². The number of rotatable bonds is 11. The number of alkyl carbamates (subject to hydrolysis) is 1. The van der Waals surface area contributed by atoms with E-state index in [1.165, 1.54) is 0 Å². The summed E-state index contributed by atoms with van der Waals surface area (Å²) in [4.78, 5) is 38.2. The van der Waals surface area contributed by atoms with Crippen molar-refractivity contribution in [1.29, 1.82) is 0 Å². The van der Waals surface area contributed by atoms with Gasteiger partial charge in [-0.3, -0.25) is 9.59 Å². The number of ketones is 1. The second-order valence-corrected chi connectivity index (χ2v) is 8.70. The molecule has 0 saturated heterocycles. The fourth-order valence-electron chi connectivity index (χ4n) is 3.36. The van der Waals surface area contributed by atoms with E-state index in [0.717, 1.165) is 11.1 Å². The smallest absolute Gasteiger partial charge is 0.408 e. The molecule has 2 aromatic carbocycles. The van der Waals surface area contributed by atoms with Crippen LogP contribution in [0.5, 0.6) is 0 Å². The van der Waals surface area contributed by atoms with Gasteiger partial charge in [-0.1, -0.05) is 88.4 Å². The van der Waals surface area contributed by atoms with Crippen molar-refractivity contribution >= 4 is 17.8 Å². The lowest BCUT2D eigenvalue weighted by Gasteiger charge is -2.25. The molecule has 172 valence electrons. The van der Waals surface area contributed by atoms with Gasteiger partial charge in [0, 0.05) is 5.92 Å². The Morgan fingerprint density at radius 1 is 0.781 bits per heavy atom. The zero-order valence-electron chi connectivity index (χ0n) is 19.3. The number of carbonyl (C=O) groups excluding carboxylic acids is 3. The van der Waals surface area contributed by atoms with Crippen molar-refractivity contribution in [1.82, 2.24) is 10.6 Å². The number of ether oxygens (including phenoxy) is 1. The molecule has 2 atom stereocenters. The second kappa shape index (κ2) is 12.6. The highest BCUT2D eigenvalue weighted by Crippen LogP contribution is 2.11. The lowest BCUT2D eigenvalue weighted by molar-refractivity contribution is -0.130. The van der Waals surface area contributed by atoms with E-state index in [1.54, 1.807) is 0 Å². The van der Waals surface area contributed by atoms with Crippen molar-refractivity contribution < 1.29 is 19.1 Å². The fraction of sp³-hybridized carbons (Fsp3) is 0.423. The van der Waals surface area contributed by atoms with Gasteiger partial charge in [-0.2, -0.15) is 0 Å². The number of hydrogen-bond donors (Lipinski definition) is 2. The second-order valence-electron chi connectivity index (χ2n) is 8.70. The first-order valence-electron chi connectivity index (χ1n) is 11.1. The molecule has 32 heavy (non-hydrogen) atoms. The van der Waals surface area contributed by atoms with E-state index in [2.05, 4.69) is 10.6 Å². The molecule has 0 aromatic heterocycles. The number of nitrogens with one attached hydrogen (secondary N) is 2. The van der Waals surface area contributed by atoms with Gasteiger partial charge in [0.25, 0.3) is 0 Å². The Morgan fingerprint density at radius 3 is 1.88 bits per heavy atom. The number of Topliss-reactive ketones (excluding diaryl/α,β-unsaturated/α-hetero) is 1. The first-order valence-corrected chi connectivity index (χ1v) is 11.1. The molecule has 1 unspecified atom stereocenters. The van der Waals surface area contributed by atoms with E-state index < -0.39 is 18.2 Å². The molecule has 2 aromatic rings.